The molecule has 176 valence electrons. The molecule has 0 aromatic heterocycles. The normalized spacial score (nSPS) is 12.9. The Bertz CT molecular complexity index is 672. The monoisotopic (exact) mass is 434 g/mol. The molecule has 0 aliphatic carbocycles. The van der Waals surface area contributed by atoms with Crippen LogP contribution >= 0.6 is 0 Å². The van der Waals surface area contributed by atoms with Crippen molar-refractivity contribution >= 4 is 11.9 Å². The second kappa shape index (κ2) is 12.7. The molecule has 0 radical (unpaired) electrons. The van der Waals surface area contributed by atoms with Crippen molar-refractivity contribution in [1.29, 1.82) is 0 Å². The van der Waals surface area contributed by atoms with Gasteiger partial charge in [-0.25, -0.2) is 4.79 Å². The van der Waals surface area contributed by atoms with Gasteiger partial charge in [0.2, 0.25) is 5.91 Å². The van der Waals surface area contributed by atoms with Crippen LogP contribution in [0.3, 0.4) is 0 Å². The maximum Gasteiger partial charge on any atom is 0.329 e. The van der Waals surface area contributed by atoms with E-state index in [2.05, 4.69) is 5.32 Å². The van der Waals surface area contributed by atoms with Crippen LogP contribution in [0.25, 0.3) is 0 Å². The molecule has 0 saturated carbocycles. The quantitative estimate of drug-likeness (QED) is 0.372. The molecule has 1 atom stereocenters. The highest BCUT2D eigenvalue weighted by Gasteiger charge is 2.27. The van der Waals surface area contributed by atoms with E-state index in [1.165, 1.54) is 0 Å². The molecule has 3 N–H and O–H groups in total. The average Bonchev–Trinajstić information content (AvgIpc) is 2.63. The van der Waals surface area contributed by atoms with Gasteiger partial charge in [-0.2, -0.15) is 0 Å². The highest BCUT2D eigenvalue weighted by Crippen LogP contribution is 2.20. The molecule has 31 heavy (non-hydrogen) atoms. The first-order valence-electron chi connectivity index (χ1n) is 11.4. The largest absolute Gasteiger partial charge is 0.488 e. The second-order valence-corrected chi connectivity index (χ2v) is 10.0. The third-order valence-corrected chi connectivity index (χ3v) is 4.42. The molecule has 0 saturated heterocycles. The highest BCUT2D eigenvalue weighted by molar-refractivity contribution is 5.84. The van der Waals surface area contributed by atoms with Crippen LogP contribution in [-0.2, 0) is 20.7 Å². The first-order chi connectivity index (χ1) is 14.4. The summed E-state index contributed by atoms with van der Waals surface area (Å²) in [5.41, 5.74) is 5.54. The number of unbranched alkanes of at least 4 members (excludes halogenated alkanes) is 4. The third kappa shape index (κ3) is 13.0. The van der Waals surface area contributed by atoms with Gasteiger partial charge in [-0.05, 0) is 78.6 Å². The van der Waals surface area contributed by atoms with Crippen molar-refractivity contribution in [1.82, 2.24) is 5.32 Å². The number of ether oxygens (including phenoxy) is 2. The summed E-state index contributed by atoms with van der Waals surface area (Å²) in [7, 11) is 0. The van der Waals surface area contributed by atoms with Gasteiger partial charge in [0.1, 0.15) is 23.0 Å². The van der Waals surface area contributed by atoms with Crippen LogP contribution < -0.4 is 15.8 Å². The number of esters is 1. The number of benzene rings is 1. The lowest BCUT2D eigenvalue weighted by molar-refractivity contribution is -0.158. The molecule has 0 heterocycles. The molecule has 6 nitrogen and oxygen atoms in total. The number of hydrogen-bond donors (Lipinski definition) is 2. The minimum Gasteiger partial charge on any atom is -0.488 e. The average molecular weight is 435 g/mol. The van der Waals surface area contributed by atoms with Gasteiger partial charge in [0.05, 0.1) is 0 Å². The highest BCUT2D eigenvalue weighted by atomic mass is 16.6. The van der Waals surface area contributed by atoms with Gasteiger partial charge in [-0.3, -0.25) is 4.79 Å². The molecule has 0 bridgehead atoms. The summed E-state index contributed by atoms with van der Waals surface area (Å²) in [4.78, 5) is 25.2. The molecule has 1 aromatic rings. The number of rotatable bonds is 12. The number of nitrogens with two attached hydrogens (primary N) is 1. The van der Waals surface area contributed by atoms with Gasteiger partial charge in [0.15, 0.2) is 0 Å². The number of amides is 1. The van der Waals surface area contributed by atoms with Crippen molar-refractivity contribution in [2.45, 2.75) is 104 Å². The second-order valence-electron chi connectivity index (χ2n) is 10.0. The van der Waals surface area contributed by atoms with Gasteiger partial charge in [0, 0.05) is 12.8 Å². The Balaban J connectivity index is 2.71. The molecule has 0 spiro atoms. The third-order valence-electron chi connectivity index (χ3n) is 4.42. The predicted octanol–water partition coefficient (Wildman–Crippen LogP) is 4.53. The van der Waals surface area contributed by atoms with E-state index in [9.17, 15) is 9.59 Å². The van der Waals surface area contributed by atoms with Crippen LogP contribution in [0.5, 0.6) is 5.75 Å². The lowest BCUT2D eigenvalue weighted by atomic mass is 10.0. The Morgan fingerprint density at radius 1 is 0.903 bits per heavy atom. The number of hydrogen-bond acceptors (Lipinski definition) is 5. The smallest absolute Gasteiger partial charge is 0.329 e. The van der Waals surface area contributed by atoms with E-state index in [1.807, 2.05) is 65.8 Å². The Morgan fingerprint density at radius 3 is 2.03 bits per heavy atom. The van der Waals surface area contributed by atoms with Crippen molar-refractivity contribution in [2.75, 3.05) is 6.54 Å². The summed E-state index contributed by atoms with van der Waals surface area (Å²) in [5, 5.41) is 2.88. The molecule has 0 fully saturated rings. The van der Waals surface area contributed by atoms with Gasteiger partial charge in [-0.1, -0.05) is 31.4 Å². The molecular weight excluding hydrogens is 392 g/mol. The maximum atomic E-state index is 12.7. The predicted molar refractivity (Wildman–Crippen MR) is 125 cm³/mol. The fraction of sp³-hybridized carbons (Fsp3) is 0.680. The molecule has 6 heteroatoms. The topological polar surface area (TPSA) is 90.6 Å². The first-order valence-corrected chi connectivity index (χ1v) is 11.4. The van der Waals surface area contributed by atoms with E-state index in [0.29, 0.717) is 19.4 Å². The van der Waals surface area contributed by atoms with Crippen LogP contribution in [0.1, 0.15) is 85.6 Å². The van der Waals surface area contributed by atoms with E-state index in [-0.39, 0.29) is 11.5 Å². The van der Waals surface area contributed by atoms with Crippen LogP contribution in [0.2, 0.25) is 0 Å². The fourth-order valence-corrected chi connectivity index (χ4v) is 3.08. The lowest BCUT2D eigenvalue weighted by Gasteiger charge is -2.25. The van der Waals surface area contributed by atoms with Crippen molar-refractivity contribution in [3.8, 4) is 5.75 Å². The van der Waals surface area contributed by atoms with Gasteiger partial charge in [-0.15, -0.1) is 0 Å². The summed E-state index contributed by atoms with van der Waals surface area (Å²) >= 11 is 0. The van der Waals surface area contributed by atoms with Gasteiger partial charge in [0.25, 0.3) is 0 Å². The Morgan fingerprint density at radius 2 is 1.48 bits per heavy atom. The summed E-state index contributed by atoms with van der Waals surface area (Å²) in [5.74, 6) is 0.227. The molecule has 1 amide bonds. The van der Waals surface area contributed by atoms with Crippen LogP contribution in [0.4, 0.5) is 0 Å². The maximum absolute atomic E-state index is 12.7. The molecular formula is C25H42N2O4. The van der Waals surface area contributed by atoms with Crippen molar-refractivity contribution in [2.24, 2.45) is 5.73 Å². The molecule has 1 rings (SSSR count). The van der Waals surface area contributed by atoms with Crippen molar-refractivity contribution < 1.29 is 19.1 Å². The number of nitrogens with one attached hydrogen (secondary N) is 1. The zero-order valence-electron chi connectivity index (χ0n) is 20.3. The van der Waals surface area contributed by atoms with Crippen LogP contribution in [0, 0.1) is 0 Å². The number of carbonyl (C=O) groups excluding carboxylic acids is 2. The Labute approximate surface area is 188 Å². The van der Waals surface area contributed by atoms with E-state index in [1.54, 1.807) is 0 Å². The van der Waals surface area contributed by atoms with Gasteiger partial charge < -0.3 is 20.5 Å². The zero-order chi connectivity index (χ0) is 23.5. The molecule has 1 aromatic carbocycles. The minimum atomic E-state index is -0.724. The van der Waals surface area contributed by atoms with Crippen molar-refractivity contribution in [3.63, 3.8) is 0 Å². The number of carbonyl (C=O) groups is 2. The van der Waals surface area contributed by atoms with Gasteiger partial charge >= 0.3 is 5.97 Å². The fourth-order valence-electron chi connectivity index (χ4n) is 3.08. The summed E-state index contributed by atoms with van der Waals surface area (Å²) < 4.78 is 11.4. The molecule has 0 aliphatic heterocycles. The van der Waals surface area contributed by atoms with E-state index in [0.717, 1.165) is 43.4 Å². The zero-order valence-corrected chi connectivity index (χ0v) is 20.3. The Kier molecular flexibility index (Phi) is 11.0. The SMILES string of the molecule is CC(C)(C)OC(=O)[C@H](Cc1ccc(OC(C)(C)C)cc1)NC(=O)CCCCCCCN. The minimum absolute atomic E-state index is 0.123. The lowest BCUT2D eigenvalue weighted by Crippen LogP contribution is -2.45. The molecule has 0 aliphatic rings. The summed E-state index contributed by atoms with van der Waals surface area (Å²) in [6.07, 6.45) is 5.74. The molecule has 0 unspecified atom stereocenters. The van der Waals surface area contributed by atoms with Crippen LogP contribution in [0.15, 0.2) is 24.3 Å². The first kappa shape index (κ1) is 27.0. The summed E-state index contributed by atoms with van der Waals surface area (Å²) in [6, 6.07) is 6.88. The summed E-state index contributed by atoms with van der Waals surface area (Å²) in [6.45, 7) is 12.2. The standard InChI is InChI=1S/C25H42N2O4/c1-24(2,3)30-20-15-13-19(14-16-20)18-21(23(29)31-25(4,5)6)27-22(28)12-10-8-7-9-11-17-26/h13-16,21H,7-12,17-18,26H2,1-6H3,(H,27,28)/t21-/m0/s1. The Hall–Kier alpha value is -2.08. The van der Waals surface area contributed by atoms with E-state index >= 15 is 0 Å². The van der Waals surface area contributed by atoms with Crippen LogP contribution in [-0.4, -0.2) is 35.7 Å². The van der Waals surface area contributed by atoms with Crippen molar-refractivity contribution in [3.05, 3.63) is 29.8 Å². The van der Waals surface area contributed by atoms with E-state index < -0.39 is 17.6 Å². The van der Waals surface area contributed by atoms with E-state index in [4.69, 9.17) is 15.2 Å².